The Labute approximate surface area is 102 Å². The Hall–Kier alpha value is -1.56. The van der Waals surface area contributed by atoms with Crippen LogP contribution in [-0.4, -0.2) is 43.4 Å². The van der Waals surface area contributed by atoms with Crippen molar-refractivity contribution in [2.24, 2.45) is 0 Å². The monoisotopic (exact) mass is 240 g/mol. The first-order chi connectivity index (χ1) is 8.22. The first-order valence-corrected chi connectivity index (χ1v) is 5.61. The molecule has 1 unspecified atom stereocenters. The van der Waals surface area contributed by atoms with Crippen molar-refractivity contribution in [3.8, 4) is 5.75 Å². The Morgan fingerprint density at radius 1 is 1.29 bits per heavy atom. The van der Waals surface area contributed by atoms with Gasteiger partial charge in [0.25, 0.3) is 0 Å². The van der Waals surface area contributed by atoms with Gasteiger partial charge in [-0.1, -0.05) is 0 Å². The van der Waals surface area contributed by atoms with Crippen molar-refractivity contribution < 1.29 is 9.47 Å². The molecule has 6 heteroatoms. The van der Waals surface area contributed by atoms with Crippen molar-refractivity contribution in [2.45, 2.75) is 19.9 Å². The van der Waals surface area contributed by atoms with E-state index >= 15 is 0 Å². The third kappa shape index (κ3) is 3.74. The zero-order valence-electron chi connectivity index (χ0n) is 10.8. The molecule has 1 aromatic rings. The van der Waals surface area contributed by atoms with E-state index in [1.165, 1.54) is 6.33 Å². The van der Waals surface area contributed by atoms with E-state index in [2.05, 4.69) is 20.6 Å². The Balaban J connectivity index is 2.86. The molecule has 0 aromatic carbocycles. The van der Waals surface area contributed by atoms with E-state index in [-0.39, 0.29) is 6.04 Å². The Bertz CT molecular complexity index is 346. The minimum Gasteiger partial charge on any atom is -0.490 e. The minimum atomic E-state index is 0.151. The molecule has 0 saturated carbocycles. The number of nitrogens with one attached hydrogen (secondary N) is 2. The van der Waals surface area contributed by atoms with Gasteiger partial charge in [0.05, 0.1) is 13.7 Å². The van der Waals surface area contributed by atoms with Crippen LogP contribution >= 0.6 is 0 Å². The maximum atomic E-state index is 5.32. The summed E-state index contributed by atoms with van der Waals surface area (Å²) in [5.74, 6) is 1.98. The molecule has 0 aliphatic heterocycles. The minimum absolute atomic E-state index is 0.151. The van der Waals surface area contributed by atoms with E-state index < -0.39 is 0 Å². The zero-order chi connectivity index (χ0) is 12.7. The zero-order valence-corrected chi connectivity index (χ0v) is 10.8. The average Bonchev–Trinajstić information content (AvgIpc) is 2.30. The quantitative estimate of drug-likeness (QED) is 0.750. The molecular formula is C11H20N4O2. The van der Waals surface area contributed by atoms with Crippen molar-refractivity contribution in [3.63, 3.8) is 0 Å². The van der Waals surface area contributed by atoms with Crippen molar-refractivity contribution in [1.82, 2.24) is 9.97 Å². The fourth-order valence-corrected chi connectivity index (χ4v) is 1.49. The smallest absolute Gasteiger partial charge is 0.204 e. The standard InChI is InChI=1S/C11H20N4O2/c1-5-12-10-9(17-4)11(14-7-13-10)15-8(2)6-16-3/h7-8H,5-6H2,1-4H3,(H2,12,13,14,15). The highest BCUT2D eigenvalue weighted by atomic mass is 16.5. The summed E-state index contributed by atoms with van der Waals surface area (Å²) in [6.45, 7) is 5.39. The molecule has 0 fully saturated rings. The summed E-state index contributed by atoms with van der Waals surface area (Å²) in [6.07, 6.45) is 1.50. The van der Waals surface area contributed by atoms with Crippen LogP contribution in [-0.2, 0) is 4.74 Å². The Morgan fingerprint density at radius 2 is 2.00 bits per heavy atom. The highest BCUT2D eigenvalue weighted by Gasteiger charge is 2.13. The van der Waals surface area contributed by atoms with Gasteiger partial charge in [0.2, 0.25) is 5.75 Å². The highest BCUT2D eigenvalue weighted by Crippen LogP contribution is 2.29. The van der Waals surface area contributed by atoms with Gasteiger partial charge >= 0.3 is 0 Å². The maximum absolute atomic E-state index is 5.32. The van der Waals surface area contributed by atoms with Gasteiger partial charge in [-0.3, -0.25) is 0 Å². The van der Waals surface area contributed by atoms with Crippen LogP contribution < -0.4 is 15.4 Å². The lowest BCUT2D eigenvalue weighted by molar-refractivity contribution is 0.190. The van der Waals surface area contributed by atoms with Crippen molar-refractivity contribution in [1.29, 1.82) is 0 Å². The first-order valence-electron chi connectivity index (χ1n) is 5.61. The molecule has 0 amide bonds. The van der Waals surface area contributed by atoms with Crippen LogP contribution in [0.4, 0.5) is 11.6 Å². The Morgan fingerprint density at radius 3 is 2.59 bits per heavy atom. The molecule has 0 radical (unpaired) electrons. The fourth-order valence-electron chi connectivity index (χ4n) is 1.49. The molecule has 0 bridgehead atoms. The van der Waals surface area contributed by atoms with Gasteiger partial charge in [-0.15, -0.1) is 0 Å². The molecule has 1 rings (SSSR count). The normalized spacial score (nSPS) is 12.0. The molecule has 6 nitrogen and oxygen atoms in total. The van der Waals surface area contributed by atoms with Crippen molar-refractivity contribution in [2.75, 3.05) is 38.0 Å². The third-order valence-electron chi connectivity index (χ3n) is 2.15. The predicted molar refractivity (Wildman–Crippen MR) is 67.7 cm³/mol. The van der Waals surface area contributed by atoms with Gasteiger partial charge < -0.3 is 20.1 Å². The number of hydrogen-bond acceptors (Lipinski definition) is 6. The number of methoxy groups -OCH3 is 2. The summed E-state index contributed by atoms with van der Waals surface area (Å²) in [5.41, 5.74) is 0. The number of hydrogen-bond donors (Lipinski definition) is 2. The molecule has 1 aromatic heterocycles. The summed E-state index contributed by atoms with van der Waals surface area (Å²) in [6, 6.07) is 0.151. The maximum Gasteiger partial charge on any atom is 0.204 e. The van der Waals surface area contributed by atoms with Crippen LogP contribution in [0.1, 0.15) is 13.8 Å². The average molecular weight is 240 g/mol. The molecule has 96 valence electrons. The lowest BCUT2D eigenvalue weighted by Gasteiger charge is -2.17. The summed E-state index contributed by atoms with van der Waals surface area (Å²) < 4.78 is 10.4. The first kappa shape index (κ1) is 13.5. The molecule has 17 heavy (non-hydrogen) atoms. The predicted octanol–water partition coefficient (Wildman–Crippen LogP) is 1.36. The van der Waals surface area contributed by atoms with Crippen LogP contribution in [0, 0.1) is 0 Å². The van der Waals surface area contributed by atoms with Gasteiger partial charge in [0, 0.05) is 19.7 Å². The molecule has 0 saturated heterocycles. The summed E-state index contributed by atoms with van der Waals surface area (Å²) in [4.78, 5) is 8.31. The van der Waals surface area contributed by atoms with Crippen molar-refractivity contribution in [3.05, 3.63) is 6.33 Å². The second-order valence-corrected chi connectivity index (χ2v) is 3.64. The summed E-state index contributed by atoms with van der Waals surface area (Å²) in [5, 5.41) is 6.35. The summed E-state index contributed by atoms with van der Waals surface area (Å²) >= 11 is 0. The van der Waals surface area contributed by atoms with E-state index in [0.717, 1.165) is 6.54 Å². The lowest BCUT2D eigenvalue weighted by Crippen LogP contribution is -2.22. The van der Waals surface area contributed by atoms with Crippen LogP contribution in [0.3, 0.4) is 0 Å². The van der Waals surface area contributed by atoms with E-state index in [9.17, 15) is 0 Å². The topological polar surface area (TPSA) is 68.3 Å². The highest BCUT2D eigenvalue weighted by molar-refractivity contribution is 5.63. The molecule has 1 atom stereocenters. The van der Waals surface area contributed by atoms with Gasteiger partial charge in [0.15, 0.2) is 11.6 Å². The van der Waals surface area contributed by atoms with E-state index in [1.807, 2.05) is 13.8 Å². The number of ether oxygens (including phenoxy) is 2. The SMILES string of the molecule is CCNc1ncnc(NC(C)COC)c1OC. The largest absolute Gasteiger partial charge is 0.490 e. The van der Waals surface area contributed by atoms with Gasteiger partial charge in [-0.05, 0) is 13.8 Å². The van der Waals surface area contributed by atoms with Gasteiger partial charge in [0.1, 0.15) is 6.33 Å². The molecular weight excluding hydrogens is 220 g/mol. The van der Waals surface area contributed by atoms with E-state index in [1.54, 1.807) is 14.2 Å². The second kappa shape index (κ2) is 6.90. The molecule has 0 aliphatic carbocycles. The van der Waals surface area contributed by atoms with Crippen LogP contribution in [0.15, 0.2) is 6.33 Å². The molecule has 0 spiro atoms. The fraction of sp³-hybridized carbons (Fsp3) is 0.636. The van der Waals surface area contributed by atoms with Crippen molar-refractivity contribution >= 4 is 11.6 Å². The molecule has 1 heterocycles. The second-order valence-electron chi connectivity index (χ2n) is 3.64. The van der Waals surface area contributed by atoms with E-state index in [0.29, 0.717) is 24.0 Å². The van der Waals surface area contributed by atoms with Crippen LogP contribution in [0.25, 0.3) is 0 Å². The number of nitrogens with zero attached hydrogens (tertiary/aromatic N) is 2. The van der Waals surface area contributed by atoms with Gasteiger partial charge in [-0.25, -0.2) is 9.97 Å². The molecule has 0 aliphatic rings. The number of aromatic nitrogens is 2. The third-order valence-corrected chi connectivity index (χ3v) is 2.15. The van der Waals surface area contributed by atoms with Crippen LogP contribution in [0.2, 0.25) is 0 Å². The number of anilines is 2. The van der Waals surface area contributed by atoms with Crippen LogP contribution in [0.5, 0.6) is 5.75 Å². The summed E-state index contributed by atoms with van der Waals surface area (Å²) in [7, 11) is 3.27. The van der Waals surface area contributed by atoms with Gasteiger partial charge in [-0.2, -0.15) is 0 Å². The lowest BCUT2D eigenvalue weighted by atomic mass is 10.3. The molecule has 2 N–H and O–H groups in total. The Kier molecular flexibility index (Phi) is 5.48. The number of rotatable bonds is 7. The van der Waals surface area contributed by atoms with E-state index in [4.69, 9.17) is 9.47 Å².